The van der Waals surface area contributed by atoms with Gasteiger partial charge in [0.25, 0.3) is 0 Å². The molecule has 0 aromatic heterocycles. The molecule has 2 saturated carbocycles. The number of methoxy groups -OCH3 is 1. The van der Waals surface area contributed by atoms with E-state index in [1.54, 1.807) is 7.11 Å². The highest BCUT2D eigenvalue weighted by molar-refractivity contribution is 5.50. The third kappa shape index (κ3) is 1.87. The zero-order valence-corrected chi connectivity index (χ0v) is 16.7. The second-order valence-electron chi connectivity index (χ2n) is 9.57. The van der Waals surface area contributed by atoms with Crippen LogP contribution in [0.15, 0.2) is 47.8 Å². The SMILES string of the molecule is C=C1C(=C)C(C)(C#N)[C@@]2(C)CC[C@@H]3[C@@H](CC=C4C=C(OC)CC[C@@]43C)[C@H]12. The van der Waals surface area contributed by atoms with Gasteiger partial charge in [-0.2, -0.15) is 5.26 Å². The van der Waals surface area contributed by atoms with Gasteiger partial charge in [-0.25, -0.2) is 0 Å². The van der Waals surface area contributed by atoms with E-state index in [4.69, 9.17) is 4.74 Å². The van der Waals surface area contributed by atoms with Gasteiger partial charge in [0.2, 0.25) is 0 Å². The summed E-state index contributed by atoms with van der Waals surface area (Å²) in [7, 11) is 1.78. The Morgan fingerprint density at radius 1 is 1.23 bits per heavy atom. The molecular weight excluding hydrogens is 318 g/mol. The standard InChI is InChI=1S/C24H31NO/c1-15-16(2)24(5,14-25)23(4)12-10-20-19(21(15)23)8-7-17-13-18(26-6)9-11-22(17,20)3/h7,13,19-21H,1-2,8-12H2,3-6H3/t19-,20-,21+,22+,23+,24?/m1/s1. The maximum Gasteiger partial charge on any atom is 0.0958 e. The maximum absolute atomic E-state index is 10.0. The van der Waals surface area contributed by atoms with Gasteiger partial charge in [0.15, 0.2) is 0 Å². The monoisotopic (exact) mass is 349 g/mol. The van der Waals surface area contributed by atoms with Crippen LogP contribution in [-0.2, 0) is 4.74 Å². The van der Waals surface area contributed by atoms with Crippen molar-refractivity contribution in [3.63, 3.8) is 0 Å². The Kier molecular flexibility index (Phi) is 3.65. The molecule has 2 nitrogen and oxygen atoms in total. The molecular formula is C24H31NO. The molecule has 0 bridgehead atoms. The van der Waals surface area contributed by atoms with Crippen LogP contribution in [0.25, 0.3) is 0 Å². The fourth-order valence-corrected chi connectivity index (χ4v) is 6.93. The van der Waals surface area contributed by atoms with Crippen molar-refractivity contribution in [1.29, 1.82) is 5.26 Å². The zero-order chi connectivity index (χ0) is 18.9. The quantitative estimate of drug-likeness (QED) is 0.586. The topological polar surface area (TPSA) is 33.0 Å². The molecule has 0 heterocycles. The number of fused-ring (bicyclic) bond motifs is 5. The van der Waals surface area contributed by atoms with Crippen molar-refractivity contribution in [3.8, 4) is 6.07 Å². The molecule has 0 N–H and O–H groups in total. The molecule has 4 aliphatic rings. The van der Waals surface area contributed by atoms with E-state index in [0.29, 0.717) is 17.8 Å². The van der Waals surface area contributed by atoms with E-state index in [-0.39, 0.29) is 10.8 Å². The Balaban J connectivity index is 1.79. The number of nitrogens with zero attached hydrogens (tertiary/aromatic N) is 1. The minimum absolute atomic E-state index is 0.0407. The average molecular weight is 350 g/mol. The average Bonchev–Trinajstić information content (AvgIpc) is 2.79. The number of nitriles is 1. The molecule has 0 aliphatic heterocycles. The minimum atomic E-state index is -0.486. The van der Waals surface area contributed by atoms with Gasteiger partial charge in [-0.15, -0.1) is 0 Å². The Morgan fingerprint density at radius 2 is 1.96 bits per heavy atom. The lowest BCUT2D eigenvalue weighted by Gasteiger charge is -2.57. The molecule has 0 saturated heterocycles. The van der Waals surface area contributed by atoms with Crippen molar-refractivity contribution in [1.82, 2.24) is 0 Å². The summed E-state index contributed by atoms with van der Waals surface area (Å²) < 4.78 is 5.54. The summed E-state index contributed by atoms with van der Waals surface area (Å²) in [4.78, 5) is 0. The van der Waals surface area contributed by atoms with Crippen LogP contribution in [0.2, 0.25) is 0 Å². The van der Waals surface area contributed by atoms with Crippen LogP contribution in [0.1, 0.15) is 52.9 Å². The predicted molar refractivity (Wildman–Crippen MR) is 105 cm³/mol. The summed E-state index contributed by atoms with van der Waals surface area (Å²) in [6, 6.07) is 2.63. The molecule has 1 unspecified atom stereocenters. The first-order valence-electron chi connectivity index (χ1n) is 9.98. The van der Waals surface area contributed by atoms with Crippen LogP contribution in [-0.4, -0.2) is 7.11 Å². The highest BCUT2D eigenvalue weighted by Crippen LogP contribution is 2.71. The molecule has 26 heavy (non-hydrogen) atoms. The fraction of sp³-hybridized carbons (Fsp3) is 0.625. The molecule has 138 valence electrons. The summed E-state index contributed by atoms with van der Waals surface area (Å²) in [5, 5.41) is 10.0. The Morgan fingerprint density at radius 3 is 2.62 bits per heavy atom. The summed E-state index contributed by atoms with van der Waals surface area (Å²) in [6.07, 6.45) is 10.3. The highest BCUT2D eigenvalue weighted by atomic mass is 16.5. The number of hydrogen-bond acceptors (Lipinski definition) is 2. The number of rotatable bonds is 1. The lowest BCUT2D eigenvalue weighted by Crippen LogP contribution is -2.51. The number of allylic oxidation sites excluding steroid dienone is 6. The first-order chi connectivity index (χ1) is 12.2. The summed E-state index contributed by atoms with van der Waals surface area (Å²) in [5.41, 5.74) is 3.30. The fourth-order valence-electron chi connectivity index (χ4n) is 6.93. The van der Waals surface area contributed by atoms with Crippen LogP contribution < -0.4 is 0 Å². The van der Waals surface area contributed by atoms with Crippen LogP contribution in [0.4, 0.5) is 0 Å². The van der Waals surface area contributed by atoms with E-state index in [9.17, 15) is 5.26 Å². The zero-order valence-electron chi connectivity index (χ0n) is 16.7. The Hall–Kier alpha value is -1.75. The van der Waals surface area contributed by atoms with Gasteiger partial charge >= 0.3 is 0 Å². The van der Waals surface area contributed by atoms with E-state index in [1.807, 2.05) is 0 Å². The van der Waals surface area contributed by atoms with E-state index in [1.165, 1.54) is 12.0 Å². The second-order valence-corrected chi connectivity index (χ2v) is 9.57. The minimum Gasteiger partial charge on any atom is -0.501 e. The third-order valence-corrected chi connectivity index (χ3v) is 8.90. The molecule has 0 aromatic carbocycles. The van der Waals surface area contributed by atoms with Gasteiger partial charge < -0.3 is 4.74 Å². The molecule has 4 aliphatic carbocycles. The molecule has 0 amide bonds. The van der Waals surface area contributed by atoms with Crippen molar-refractivity contribution >= 4 is 0 Å². The van der Waals surface area contributed by atoms with E-state index < -0.39 is 5.41 Å². The highest BCUT2D eigenvalue weighted by Gasteiger charge is 2.65. The van der Waals surface area contributed by atoms with Gasteiger partial charge in [-0.3, -0.25) is 0 Å². The molecule has 2 heteroatoms. The summed E-state index contributed by atoms with van der Waals surface area (Å²) in [6.45, 7) is 15.6. The normalized spacial score (nSPS) is 47.1. The molecule has 2 fully saturated rings. The molecule has 6 atom stereocenters. The first-order valence-corrected chi connectivity index (χ1v) is 9.98. The number of hydrogen-bond donors (Lipinski definition) is 0. The van der Waals surface area contributed by atoms with Crippen molar-refractivity contribution < 1.29 is 4.74 Å². The van der Waals surface area contributed by atoms with Crippen LogP contribution in [0.5, 0.6) is 0 Å². The smallest absolute Gasteiger partial charge is 0.0958 e. The lowest BCUT2D eigenvalue weighted by molar-refractivity contribution is -0.0372. The van der Waals surface area contributed by atoms with E-state index in [2.05, 4.69) is 52.2 Å². The maximum atomic E-state index is 10.0. The van der Waals surface area contributed by atoms with Crippen molar-refractivity contribution in [3.05, 3.63) is 47.8 Å². The largest absolute Gasteiger partial charge is 0.501 e. The molecule has 0 radical (unpaired) electrons. The predicted octanol–water partition coefficient (Wildman–Crippen LogP) is 5.95. The number of ether oxygens (including phenoxy) is 1. The Labute approximate surface area is 158 Å². The van der Waals surface area contributed by atoms with Crippen molar-refractivity contribution in [2.75, 3.05) is 7.11 Å². The van der Waals surface area contributed by atoms with Gasteiger partial charge in [0, 0.05) is 6.42 Å². The van der Waals surface area contributed by atoms with Gasteiger partial charge in [0.05, 0.1) is 24.4 Å². The molecule has 4 rings (SSSR count). The van der Waals surface area contributed by atoms with E-state index in [0.717, 1.165) is 42.6 Å². The van der Waals surface area contributed by atoms with E-state index >= 15 is 0 Å². The van der Waals surface area contributed by atoms with Crippen LogP contribution >= 0.6 is 0 Å². The second kappa shape index (κ2) is 5.38. The first kappa shape index (κ1) is 17.7. The van der Waals surface area contributed by atoms with Crippen LogP contribution in [0, 0.1) is 45.3 Å². The van der Waals surface area contributed by atoms with Crippen molar-refractivity contribution in [2.24, 2.45) is 34.0 Å². The van der Waals surface area contributed by atoms with Gasteiger partial charge in [0.1, 0.15) is 0 Å². The molecule has 0 aromatic rings. The van der Waals surface area contributed by atoms with Gasteiger partial charge in [-0.05, 0) is 84.0 Å². The summed E-state index contributed by atoms with van der Waals surface area (Å²) in [5.74, 6) is 2.71. The van der Waals surface area contributed by atoms with Crippen molar-refractivity contribution in [2.45, 2.75) is 52.9 Å². The third-order valence-electron chi connectivity index (χ3n) is 8.90. The van der Waals surface area contributed by atoms with Crippen LogP contribution in [0.3, 0.4) is 0 Å². The molecule has 0 spiro atoms. The van der Waals surface area contributed by atoms with Gasteiger partial charge in [-0.1, -0.05) is 33.1 Å². The Bertz CT molecular complexity index is 796. The summed E-state index contributed by atoms with van der Waals surface area (Å²) >= 11 is 0. The lowest BCUT2D eigenvalue weighted by atomic mass is 9.46.